The van der Waals surface area contributed by atoms with Crippen LogP contribution in [0.1, 0.15) is 65.5 Å². The molecule has 1 aromatic rings. The van der Waals surface area contributed by atoms with Gasteiger partial charge < -0.3 is 18.9 Å². The van der Waals surface area contributed by atoms with Crippen molar-refractivity contribution in [3.63, 3.8) is 0 Å². The number of rotatable bonds is 3. The fourth-order valence-corrected chi connectivity index (χ4v) is 4.08. The van der Waals surface area contributed by atoms with Gasteiger partial charge in [-0.15, -0.1) is 0 Å². The lowest BCUT2D eigenvalue weighted by Crippen LogP contribution is -2.41. The lowest BCUT2D eigenvalue weighted by molar-refractivity contribution is 0.00578. The summed E-state index contributed by atoms with van der Waals surface area (Å²) in [7, 11) is -0.320. The van der Waals surface area contributed by atoms with Crippen LogP contribution in [0.3, 0.4) is 0 Å². The highest BCUT2D eigenvalue weighted by atomic mass is 16.7. The van der Waals surface area contributed by atoms with Crippen molar-refractivity contribution >= 4 is 13.2 Å². The Morgan fingerprint density at radius 1 is 1.17 bits per heavy atom. The quantitative estimate of drug-likeness (QED) is 0.679. The number of amides is 1. The van der Waals surface area contributed by atoms with Crippen LogP contribution in [-0.4, -0.2) is 48.0 Å². The molecule has 0 aromatic heterocycles. The van der Waals surface area contributed by atoms with E-state index in [4.69, 9.17) is 19.3 Å². The molecule has 7 heteroatoms. The van der Waals surface area contributed by atoms with Crippen molar-refractivity contribution in [3.8, 4) is 6.07 Å². The van der Waals surface area contributed by atoms with Gasteiger partial charge in [0.2, 0.25) is 0 Å². The molecule has 0 N–H and O–H groups in total. The Morgan fingerprint density at radius 2 is 1.73 bits per heavy atom. The molecule has 2 aliphatic heterocycles. The Labute approximate surface area is 180 Å². The third-order valence-electron chi connectivity index (χ3n) is 6.36. The molecule has 2 atom stereocenters. The molecule has 1 aromatic carbocycles. The number of carbonyl (C=O) groups is 1. The third kappa shape index (κ3) is 4.82. The number of nitrogens with zero attached hydrogens (tertiary/aromatic N) is 2. The van der Waals surface area contributed by atoms with Crippen LogP contribution in [0.2, 0.25) is 6.32 Å². The summed E-state index contributed by atoms with van der Waals surface area (Å²) >= 11 is 0. The van der Waals surface area contributed by atoms with Crippen molar-refractivity contribution in [1.29, 1.82) is 5.26 Å². The second-order valence-electron chi connectivity index (χ2n) is 10.4. The maximum Gasteiger partial charge on any atom is 0.458 e. The first-order valence-corrected chi connectivity index (χ1v) is 10.6. The topological polar surface area (TPSA) is 71.8 Å². The molecule has 2 heterocycles. The van der Waals surface area contributed by atoms with Crippen molar-refractivity contribution in [2.24, 2.45) is 5.92 Å². The van der Waals surface area contributed by atoms with Crippen LogP contribution in [0.25, 0.3) is 0 Å². The number of carbonyl (C=O) groups excluding carboxylic acids is 1. The zero-order chi connectivity index (χ0) is 22.3. The van der Waals surface area contributed by atoms with Crippen molar-refractivity contribution in [3.05, 3.63) is 35.4 Å². The Hall–Kier alpha value is -2.04. The minimum atomic E-state index is -0.537. The summed E-state index contributed by atoms with van der Waals surface area (Å²) < 4.78 is 18.1. The summed E-state index contributed by atoms with van der Waals surface area (Å²) in [5.74, 6) is 0.296. The Bertz CT molecular complexity index is 807. The second kappa shape index (κ2) is 7.90. The molecule has 0 unspecified atom stereocenters. The maximum atomic E-state index is 12.7. The first-order valence-electron chi connectivity index (χ1n) is 10.6. The molecule has 3 rings (SSSR count). The molecule has 6 nitrogen and oxygen atoms in total. The number of hydrogen-bond donors (Lipinski definition) is 0. The normalized spacial score (nSPS) is 25.3. The summed E-state index contributed by atoms with van der Waals surface area (Å²) in [6.07, 6.45) is 0.397. The number of hydrogen-bond acceptors (Lipinski definition) is 5. The van der Waals surface area contributed by atoms with E-state index in [0.29, 0.717) is 25.0 Å². The highest BCUT2D eigenvalue weighted by Gasteiger charge is 2.52. The predicted molar refractivity (Wildman–Crippen MR) is 116 cm³/mol. The largest absolute Gasteiger partial charge is 0.458 e. The van der Waals surface area contributed by atoms with Gasteiger partial charge >= 0.3 is 13.2 Å². The van der Waals surface area contributed by atoms with E-state index in [1.54, 1.807) is 4.90 Å². The second-order valence-corrected chi connectivity index (χ2v) is 10.4. The molecule has 2 saturated heterocycles. The average molecular weight is 412 g/mol. The molecular weight excluding hydrogens is 379 g/mol. The van der Waals surface area contributed by atoms with Gasteiger partial charge in [-0.2, -0.15) is 5.26 Å². The van der Waals surface area contributed by atoms with Crippen molar-refractivity contribution in [2.75, 3.05) is 13.1 Å². The number of ether oxygens (including phenoxy) is 1. The minimum absolute atomic E-state index is 0.129. The molecule has 0 aliphatic carbocycles. The van der Waals surface area contributed by atoms with Gasteiger partial charge in [-0.1, -0.05) is 12.1 Å². The van der Waals surface area contributed by atoms with E-state index >= 15 is 0 Å². The third-order valence-corrected chi connectivity index (χ3v) is 6.36. The van der Waals surface area contributed by atoms with Gasteiger partial charge in [-0.25, -0.2) is 4.79 Å². The smallest absolute Gasteiger partial charge is 0.444 e. The zero-order valence-corrected chi connectivity index (χ0v) is 19.2. The van der Waals surface area contributed by atoms with Crippen LogP contribution in [0.15, 0.2) is 24.3 Å². The van der Waals surface area contributed by atoms with Gasteiger partial charge in [0.1, 0.15) is 5.60 Å². The van der Waals surface area contributed by atoms with Crippen LogP contribution in [0, 0.1) is 17.2 Å². The molecule has 2 aliphatic rings. The van der Waals surface area contributed by atoms with E-state index in [2.05, 4.69) is 6.07 Å². The summed E-state index contributed by atoms with van der Waals surface area (Å²) in [5, 5.41) is 9.10. The Morgan fingerprint density at radius 3 is 2.23 bits per heavy atom. The summed E-state index contributed by atoms with van der Waals surface area (Å²) in [4.78, 5) is 14.5. The van der Waals surface area contributed by atoms with E-state index in [9.17, 15) is 4.79 Å². The highest BCUT2D eigenvalue weighted by Crippen LogP contribution is 2.42. The molecular formula is C23H33BN2O4. The zero-order valence-electron chi connectivity index (χ0n) is 19.2. The Kier molecular flexibility index (Phi) is 5.96. The fourth-order valence-electron chi connectivity index (χ4n) is 4.08. The van der Waals surface area contributed by atoms with E-state index in [-0.39, 0.29) is 36.2 Å². The van der Waals surface area contributed by atoms with Crippen LogP contribution in [0.5, 0.6) is 0 Å². The number of likely N-dealkylation sites (tertiary alicyclic amines) is 1. The lowest BCUT2D eigenvalue weighted by atomic mass is 9.72. The average Bonchev–Trinajstić information content (AvgIpc) is 3.11. The highest BCUT2D eigenvalue weighted by molar-refractivity contribution is 6.45. The molecule has 0 radical (unpaired) electrons. The van der Waals surface area contributed by atoms with Crippen LogP contribution >= 0.6 is 0 Å². The van der Waals surface area contributed by atoms with E-state index < -0.39 is 5.60 Å². The van der Waals surface area contributed by atoms with Crippen molar-refractivity contribution in [1.82, 2.24) is 4.90 Å². The van der Waals surface area contributed by atoms with E-state index in [1.807, 2.05) is 72.7 Å². The van der Waals surface area contributed by atoms with E-state index in [0.717, 1.165) is 5.56 Å². The van der Waals surface area contributed by atoms with Gasteiger partial charge in [0.15, 0.2) is 0 Å². The molecule has 0 saturated carbocycles. The lowest BCUT2D eigenvalue weighted by Gasteiger charge is -2.32. The molecule has 0 spiro atoms. The Balaban J connectivity index is 1.80. The standard InChI is InChI=1S/C23H33BN2O4/c1-21(2,3)28-20(27)26-14-18(12-24-29-22(4,5)23(6,7)30-24)19(15-26)17-10-8-16(13-25)9-11-17/h8-11,18-19H,12,14-15H2,1-7H3/t18-,19+/m1/s1. The summed E-state index contributed by atoms with van der Waals surface area (Å²) in [6, 6.07) is 9.79. The number of nitriles is 1. The molecule has 1 amide bonds. The van der Waals surface area contributed by atoms with Gasteiger partial charge in [0.25, 0.3) is 0 Å². The van der Waals surface area contributed by atoms with Crippen LogP contribution in [-0.2, 0) is 14.0 Å². The first-order chi connectivity index (χ1) is 13.8. The molecule has 30 heavy (non-hydrogen) atoms. The monoisotopic (exact) mass is 412 g/mol. The molecule has 0 bridgehead atoms. The SMILES string of the molecule is CC(C)(C)OC(=O)N1C[C@@H](CB2OC(C)(C)C(C)(C)O2)[C@H](c2ccc(C#N)cc2)C1. The van der Waals surface area contributed by atoms with Crippen LogP contribution < -0.4 is 0 Å². The first kappa shape index (κ1) is 22.6. The summed E-state index contributed by atoms with van der Waals surface area (Å²) in [5.41, 5.74) is 0.436. The number of benzene rings is 1. The summed E-state index contributed by atoms with van der Waals surface area (Å²) in [6.45, 7) is 15.0. The van der Waals surface area contributed by atoms with Crippen molar-refractivity contribution in [2.45, 2.75) is 77.5 Å². The van der Waals surface area contributed by atoms with Gasteiger partial charge in [-0.05, 0) is 78.4 Å². The maximum absolute atomic E-state index is 12.7. The van der Waals surface area contributed by atoms with Gasteiger partial charge in [0.05, 0.1) is 22.8 Å². The predicted octanol–water partition coefficient (Wildman–Crippen LogP) is 4.60. The van der Waals surface area contributed by atoms with E-state index in [1.165, 1.54) is 0 Å². The molecule has 162 valence electrons. The van der Waals surface area contributed by atoms with Crippen molar-refractivity contribution < 1.29 is 18.8 Å². The van der Waals surface area contributed by atoms with Gasteiger partial charge in [-0.3, -0.25) is 0 Å². The molecule has 2 fully saturated rings. The van der Waals surface area contributed by atoms with Gasteiger partial charge in [0, 0.05) is 19.0 Å². The minimum Gasteiger partial charge on any atom is -0.444 e. The van der Waals surface area contributed by atoms with Crippen LogP contribution in [0.4, 0.5) is 4.79 Å². The fraction of sp³-hybridized carbons (Fsp3) is 0.652.